The second-order valence-electron chi connectivity index (χ2n) is 4.44. The van der Waals surface area contributed by atoms with Gasteiger partial charge in [0.25, 0.3) is 5.69 Å². The first-order chi connectivity index (χ1) is 9.37. The van der Waals surface area contributed by atoms with Crippen molar-refractivity contribution in [2.75, 3.05) is 13.2 Å². The van der Waals surface area contributed by atoms with Gasteiger partial charge in [-0.1, -0.05) is 11.6 Å². The van der Waals surface area contributed by atoms with Crippen LogP contribution in [0.25, 0.3) is 0 Å². The molecular formula is C11H13ClN2O5S. The van der Waals surface area contributed by atoms with E-state index < -0.39 is 14.9 Å². The maximum absolute atomic E-state index is 12.5. The Morgan fingerprint density at radius 3 is 2.55 bits per heavy atom. The van der Waals surface area contributed by atoms with E-state index >= 15 is 0 Å². The Morgan fingerprint density at radius 2 is 2.10 bits per heavy atom. The summed E-state index contributed by atoms with van der Waals surface area (Å²) >= 11 is 5.85. The summed E-state index contributed by atoms with van der Waals surface area (Å²) in [6, 6.07) is 3.11. The number of hydrogen-bond donors (Lipinski definition) is 1. The summed E-state index contributed by atoms with van der Waals surface area (Å²) in [5.41, 5.74) is -0.269. The van der Waals surface area contributed by atoms with Crippen LogP contribution in [0, 0.1) is 10.1 Å². The minimum atomic E-state index is -3.85. The van der Waals surface area contributed by atoms with Gasteiger partial charge >= 0.3 is 0 Å². The Labute approximate surface area is 121 Å². The summed E-state index contributed by atoms with van der Waals surface area (Å²) in [5, 5.41) is 19.4. The van der Waals surface area contributed by atoms with Crippen molar-refractivity contribution >= 4 is 27.3 Å². The molecule has 1 N–H and O–H groups in total. The average Bonchev–Trinajstić information content (AvgIpc) is 3.19. The molecule has 0 aromatic heterocycles. The minimum Gasteiger partial charge on any atom is -0.395 e. The highest BCUT2D eigenvalue weighted by Gasteiger charge is 2.38. The molecule has 1 aliphatic carbocycles. The molecule has 2 rings (SSSR count). The van der Waals surface area contributed by atoms with E-state index in [1.807, 2.05) is 0 Å². The zero-order valence-corrected chi connectivity index (χ0v) is 12.0. The van der Waals surface area contributed by atoms with Crippen molar-refractivity contribution in [3.8, 4) is 0 Å². The molecule has 9 heteroatoms. The van der Waals surface area contributed by atoms with Gasteiger partial charge in [0, 0.05) is 24.7 Å². The number of halogens is 1. The SMILES string of the molecule is O=[N+]([O-])c1ccc(S(=O)(=O)N(CCO)C2CC2)c(Cl)c1. The lowest BCUT2D eigenvalue weighted by molar-refractivity contribution is -0.384. The van der Waals surface area contributed by atoms with Gasteiger partial charge in [-0.25, -0.2) is 8.42 Å². The third-order valence-electron chi connectivity index (χ3n) is 2.99. The van der Waals surface area contributed by atoms with Crippen LogP contribution in [-0.2, 0) is 10.0 Å². The van der Waals surface area contributed by atoms with Crippen LogP contribution in [0.3, 0.4) is 0 Å². The predicted molar refractivity (Wildman–Crippen MR) is 72.1 cm³/mol. The average molecular weight is 321 g/mol. The van der Waals surface area contributed by atoms with Gasteiger partial charge in [0.15, 0.2) is 0 Å². The standard InChI is InChI=1S/C11H13ClN2O5S/c12-10-7-9(14(16)17)3-4-11(10)20(18,19)13(5-6-15)8-1-2-8/h3-4,7-8,15H,1-2,5-6H2. The van der Waals surface area contributed by atoms with E-state index in [4.69, 9.17) is 16.7 Å². The monoisotopic (exact) mass is 320 g/mol. The Bertz CT molecular complexity index is 630. The van der Waals surface area contributed by atoms with Crippen molar-refractivity contribution in [2.24, 2.45) is 0 Å². The number of hydrogen-bond acceptors (Lipinski definition) is 5. The normalized spacial score (nSPS) is 15.6. The molecule has 1 fully saturated rings. The molecule has 1 aromatic carbocycles. The summed E-state index contributed by atoms with van der Waals surface area (Å²) in [6.07, 6.45) is 1.48. The van der Waals surface area contributed by atoms with Crippen LogP contribution in [0.1, 0.15) is 12.8 Å². The van der Waals surface area contributed by atoms with Gasteiger partial charge in [-0.05, 0) is 18.9 Å². The summed E-state index contributed by atoms with van der Waals surface area (Å²) in [4.78, 5) is 9.80. The zero-order valence-electron chi connectivity index (χ0n) is 10.4. The van der Waals surface area contributed by atoms with E-state index in [1.165, 1.54) is 4.31 Å². The van der Waals surface area contributed by atoms with Gasteiger partial charge in [0.1, 0.15) is 4.90 Å². The molecule has 0 heterocycles. The van der Waals surface area contributed by atoms with Crippen LogP contribution in [0.2, 0.25) is 5.02 Å². The summed E-state index contributed by atoms with van der Waals surface area (Å²) in [6.45, 7) is -0.305. The Morgan fingerprint density at radius 1 is 1.45 bits per heavy atom. The summed E-state index contributed by atoms with van der Waals surface area (Å²) in [7, 11) is -3.85. The lowest BCUT2D eigenvalue weighted by Crippen LogP contribution is -2.35. The molecule has 0 atom stereocenters. The van der Waals surface area contributed by atoms with E-state index in [-0.39, 0.29) is 34.8 Å². The zero-order chi connectivity index (χ0) is 14.9. The second-order valence-corrected chi connectivity index (χ2v) is 6.71. The van der Waals surface area contributed by atoms with Gasteiger partial charge < -0.3 is 5.11 Å². The van der Waals surface area contributed by atoms with E-state index in [2.05, 4.69) is 0 Å². The first kappa shape index (κ1) is 15.2. The van der Waals surface area contributed by atoms with Gasteiger partial charge in [0.2, 0.25) is 10.0 Å². The van der Waals surface area contributed by atoms with Crippen LogP contribution in [0.5, 0.6) is 0 Å². The molecule has 7 nitrogen and oxygen atoms in total. The van der Waals surface area contributed by atoms with Crippen molar-refractivity contribution in [1.29, 1.82) is 0 Å². The number of rotatable bonds is 6. The number of benzene rings is 1. The van der Waals surface area contributed by atoms with Gasteiger partial charge in [-0.15, -0.1) is 0 Å². The molecule has 0 aliphatic heterocycles. The largest absolute Gasteiger partial charge is 0.395 e. The fourth-order valence-electron chi connectivity index (χ4n) is 1.90. The van der Waals surface area contributed by atoms with Crippen LogP contribution < -0.4 is 0 Å². The number of non-ortho nitro benzene ring substituents is 1. The number of aliphatic hydroxyl groups excluding tert-OH is 1. The van der Waals surface area contributed by atoms with Crippen molar-refractivity contribution in [3.63, 3.8) is 0 Å². The quantitative estimate of drug-likeness (QED) is 0.630. The highest BCUT2D eigenvalue weighted by molar-refractivity contribution is 7.89. The molecule has 0 bridgehead atoms. The van der Waals surface area contributed by atoms with Crippen LogP contribution in [-0.4, -0.2) is 41.9 Å². The summed E-state index contributed by atoms with van der Waals surface area (Å²) in [5.74, 6) is 0. The lowest BCUT2D eigenvalue weighted by Gasteiger charge is -2.21. The van der Waals surface area contributed by atoms with Gasteiger partial charge in [-0.3, -0.25) is 10.1 Å². The maximum Gasteiger partial charge on any atom is 0.271 e. The van der Waals surface area contributed by atoms with Gasteiger partial charge in [-0.2, -0.15) is 4.31 Å². The third kappa shape index (κ3) is 2.93. The Kier molecular flexibility index (Phi) is 4.28. The lowest BCUT2D eigenvalue weighted by atomic mass is 10.3. The molecule has 0 amide bonds. The van der Waals surface area contributed by atoms with E-state index in [1.54, 1.807) is 0 Å². The van der Waals surface area contributed by atoms with E-state index in [0.29, 0.717) is 0 Å². The first-order valence-electron chi connectivity index (χ1n) is 5.94. The maximum atomic E-state index is 12.5. The number of nitro benzene ring substituents is 1. The molecule has 110 valence electrons. The number of nitrogens with zero attached hydrogens (tertiary/aromatic N) is 2. The van der Waals surface area contributed by atoms with E-state index in [9.17, 15) is 18.5 Å². The van der Waals surface area contributed by atoms with Crippen molar-refractivity contribution in [2.45, 2.75) is 23.8 Å². The summed E-state index contributed by atoms with van der Waals surface area (Å²) < 4.78 is 26.1. The topological polar surface area (TPSA) is 101 Å². The fourth-order valence-corrected chi connectivity index (χ4v) is 4.09. The molecule has 0 saturated heterocycles. The second kappa shape index (κ2) is 5.65. The van der Waals surface area contributed by atoms with Crippen LogP contribution >= 0.6 is 11.6 Å². The van der Waals surface area contributed by atoms with Crippen molar-refractivity contribution in [1.82, 2.24) is 4.31 Å². The van der Waals surface area contributed by atoms with Crippen molar-refractivity contribution in [3.05, 3.63) is 33.3 Å². The fraction of sp³-hybridized carbons (Fsp3) is 0.455. The molecule has 0 radical (unpaired) electrons. The highest BCUT2D eigenvalue weighted by atomic mass is 35.5. The number of nitro groups is 1. The first-order valence-corrected chi connectivity index (χ1v) is 7.76. The molecule has 20 heavy (non-hydrogen) atoms. The molecular weight excluding hydrogens is 308 g/mol. The Hall–Kier alpha value is -1.22. The van der Waals surface area contributed by atoms with Crippen LogP contribution in [0.4, 0.5) is 5.69 Å². The number of sulfonamides is 1. The predicted octanol–water partition coefficient (Wildman–Crippen LogP) is 1.39. The minimum absolute atomic E-state index is 0.0136. The Balaban J connectivity index is 2.40. The molecule has 1 aliphatic rings. The molecule has 1 saturated carbocycles. The molecule has 0 spiro atoms. The molecule has 1 aromatic rings. The molecule has 0 unspecified atom stereocenters. The smallest absolute Gasteiger partial charge is 0.271 e. The van der Waals surface area contributed by atoms with E-state index in [0.717, 1.165) is 31.0 Å². The van der Waals surface area contributed by atoms with Crippen LogP contribution in [0.15, 0.2) is 23.1 Å². The number of aliphatic hydroxyl groups is 1. The highest BCUT2D eigenvalue weighted by Crippen LogP contribution is 2.35. The van der Waals surface area contributed by atoms with Gasteiger partial charge in [0.05, 0.1) is 16.6 Å². The third-order valence-corrected chi connectivity index (χ3v) is 5.42. The van der Waals surface area contributed by atoms with Crippen molar-refractivity contribution < 1.29 is 18.4 Å².